The van der Waals surface area contributed by atoms with Gasteiger partial charge in [-0.3, -0.25) is 4.90 Å². The molecule has 0 aromatic heterocycles. The number of piperazine rings is 1. The Labute approximate surface area is 199 Å². The lowest BCUT2D eigenvalue weighted by atomic mass is 9.93. The summed E-state index contributed by atoms with van der Waals surface area (Å²) in [5, 5.41) is 16.6. The third-order valence-corrected chi connectivity index (χ3v) is 6.14. The maximum Gasteiger partial charge on any atom is 0.191 e. The third-order valence-electron chi connectivity index (χ3n) is 6.14. The highest BCUT2D eigenvalue weighted by molar-refractivity contribution is 14.0. The fourth-order valence-corrected chi connectivity index (χ4v) is 4.18. The minimum Gasteiger partial charge on any atom is -0.393 e. The van der Waals surface area contributed by atoms with Crippen LogP contribution in [0, 0.1) is 0 Å². The van der Waals surface area contributed by atoms with Gasteiger partial charge in [0, 0.05) is 45.3 Å². The fraction of sp³-hybridized carbons (Fsp3) is 0.696. The molecule has 170 valence electrons. The van der Waals surface area contributed by atoms with Crippen LogP contribution in [0.25, 0.3) is 0 Å². The number of rotatable bonds is 7. The van der Waals surface area contributed by atoms with Crippen LogP contribution in [0.15, 0.2) is 29.3 Å². The SMILES string of the molecule is CCNC(=NCc1ccc(CN2CCN(CC)CC2)cc1)NC1CCC(O)CC1.I. The summed E-state index contributed by atoms with van der Waals surface area (Å²) in [6.45, 7) is 12.8. The highest BCUT2D eigenvalue weighted by Crippen LogP contribution is 2.18. The van der Waals surface area contributed by atoms with Crippen molar-refractivity contribution in [3.63, 3.8) is 0 Å². The van der Waals surface area contributed by atoms with E-state index in [1.807, 2.05) is 0 Å². The number of hydrogen-bond acceptors (Lipinski definition) is 4. The maximum absolute atomic E-state index is 9.69. The first-order valence-corrected chi connectivity index (χ1v) is 11.4. The standard InChI is InChI=1S/C23H39N5O.HI/c1-3-24-23(26-21-9-11-22(29)12-10-21)25-17-19-5-7-20(8-6-19)18-28-15-13-27(4-2)14-16-28;/h5-8,21-22,29H,3-4,9-18H2,1-2H3,(H2,24,25,26);1H. The Morgan fingerprint density at radius 3 is 2.17 bits per heavy atom. The van der Waals surface area contributed by atoms with Crippen molar-refractivity contribution in [3.8, 4) is 0 Å². The molecule has 2 aliphatic rings. The van der Waals surface area contributed by atoms with Crippen LogP contribution in [-0.2, 0) is 13.1 Å². The minimum atomic E-state index is -0.124. The second kappa shape index (κ2) is 13.5. The summed E-state index contributed by atoms with van der Waals surface area (Å²) in [5.74, 6) is 0.881. The van der Waals surface area contributed by atoms with E-state index >= 15 is 0 Å². The highest BCUT2D eigenvalue weighted by atomic mass is 127. The summed E-state index contributed by atoms with van der Waals surface area (Å²) < 4.78 is 0. The Morgan fingerprint density at radius 1 is 0.967 bits per heavy atom. The van der Waals surface area contributed by atoms with Gasteiger partial charge in [-0.05, 0) is 50.3 Å². The summed E-state index contributed by atoms with van der Waals surface area (Å²) in [5.41, 5.74) is 2.62. The molecule has 7 heteroatoms. The van der Waals surface area contributed by atoms with Crippen LogP contribution in [0.3, 0.4) is 0 Å². The molecule has 3 rings (SSSR count). The molecule has 1 saturated heterocycles. The molecule has 3 N–H and O–H groups in total. The Morgan fingerprint density at radius 2 is 1.57 bits per heavy atom. The molecule has 1 aromatic carbocycles. The molecule has 30 heavy (non-hydrogen) atoms. The van der Waals surface area contributed by atoms with Gasteiger partial charge in [0.05, 0.1) is 12.6 Å². The first-order valence-electron chi connectivity index (χ1n) is 11.4. The van der Waals surface area contributed by atoms with Crippen LogP contribution >= 0.6 is 24.0 Å². The van der Waals surface area contributed by atoms with Gasteiger partial charge in [-0.1, -0.05) is 31.2 Å². The number of aliphatic imine (C=N–C) groups is 1. The van der Waals surface area contributed by atoms with E-state index in [4.69, 9.17) is 4.99 Å². The molecule has 2 fully saturated rings. The lowest BCUT2D eigenvalue weighted by Gasteiger charge is -2.34. The number of likely N-dealkylation sites (N-methyl/N-ethyl adjacent to an activating group) is 1. The molecule has 0 radical (unpaired) electrons. The van der Waals surface area contributed by atoms with E-state index in [0.717, 1.165) is 64.4 Å². The monoisotopic (exact) mass is 529 g/mol. The molecular weight excluding hydrogens is 489 g/mol. The van der Waals surface area contributed by atoms with Crippen molar-refractivity contribution in [1.82, 2.24) is 20.4 Å². The van der Waals surface area contributed by atoms with E-state index in [1.165, 1.54) is 24.2 Å². The first-order chi connectivity index (χ1) is 14.2. The molecule has 1 aliphatic carbocycles. The third kappa shape index (κ3) is 8.32. The van der Waals surface area contributed by atoms with Gasteiger partial charge < -0.3 is 20.6 Å². The number of benzene rings is 1. The summed E-state index contributed by atoms with van der Waals surface area (Å²) in [4.78, 5) is 9.84. The number of aliphatic hydroxyl groups is 1. The number of nitrogens with one attached hydrogen (secondary N) is 2. The van der Waals surface area contributed by atoms with Gasteiger partial charge in [-0.15, -0.1) is 24.0 Å². The molecule has 0 atom stereocenters. The second-order valence-electron chi connectivity index (χ2n) is 8.37. The first kappa shape index (κ1) is 25.4. The van der Waals surface area contributed by atoms with E-state index in [9.17, 15) is 5.11 Å². The predicted molar refractivity (Wildman–Crippen MR) is 135 cm³/mol. The van der Waals surface area contributed by atoms with Crippen molar-refractivity contribution in [2.75, 3.05) is 39.3 Å². The molecular formula is C23H40IN5O. The van der Waals surface area contributed by atoms with Crippen molar-refractivity contribution >= 4 is 29.9 Å². The van der Waals surface area contributed by atoms with Gasteiger partial charge in [-0.25, -0.2) is 4.99 Å². The predicted octanol–water partition coefficient (Wildman–Crippen LogP) is 2.80. The number of aliphatic hydroxyl groups excluding tert-OH is 1. The van der Waals surface area contributed by atoms with E-state index in [0.29, 0.717) is 12.6 Å². The van der Waals surface area contributed by atoms with Crippen molar-refractivity contribution in [2.24, 2.45) is 4.99 Å². The molecule has 1 aromatic rings. The molecule has 0 amide bonds. The highest BCUT2D eigenvalue weighted by Gasteiger charge is 2.20. The minimum absolute atomic E-state index is 0. The van der Waals surface area contributed by atoms with Crippen LogP contribution in [0.2, 0.25) is 0 Å². The Balaban J connectivity index is 0.00000320. The van der Waals surface area contributed by atoms with Crippen LogP contribution in [0.5, 0.6) is 0 Å². The van der Waals surface area contributed by atoms with Gasteiger partial charge in [-0.2, -0.15) is 0 Å². The Hall–Kier alpha value is -0.900. The molecule has 0 bridgehead atoms. The quantitative estimate of drug-likeness (QED) is 0.288. The molecule has 1 saturated carbocycles. The number of halogens is 1. The zero-order valence-corrected chi connectivity index (χ0v) is 21.0. The van der Waals surface area contributed by atoms with Gasteiger partial charge in [0.2, 0.25) is 0 Å². The van der Waals surface area contributed by atoms with E-state index in [-0.39, 0.29) is 30.1 Å². The van der Waals surface area contributed by atoms with Gasteiger partial charge >= 0.3 is 0 Å². The molecule has 1 heterocycles. The number of hydrogen-bond donors (Lipinski definition) is 3. The molecule has 6 nitrogen and oxygen atoms in total. The zero-order valence-electron chi connectivity index (χ0n) is 18.6. The van der Waals surface area contributed by atoms with Crippen LogP contribution in [0.1, 0.15) is 50.7 Å². The lowest BCUT2D eigenvalue weighted by molar-refractivity contribution is 0.120. The number of nitrogens with zero attached hydrogens (tertiary/aromatic N) is 3. The van der Waals surface area contributed by atoms with Crippen molar-refractivity contribution < 1.29 is 5.11 Å². The lowest BCUT2D eigenvalue weighted by Crippen LogP contribution is -2.45. The van der Waals surface area contributed by atoms with Crippen molar-refractivity contribution in [2.45, 2.75) is 64.8 Å². The summed E-state index contributed by atoms with van der Waals surface area (Å²) in [7, 11) is 0. The fourth-order valence-electron chi connectivity index (χ4n) is 4.18. The average molecular weight is 530 g/mol. The largest absolute Gasteiger partial charge is 0.393 e. The average Bonchev–Trinajstić information content (AvgIpc) is 2.75. The Kier molecular flexibility index (Phi) is 11.4. The number of guanidine groups is 1. The smallest absolute Gasteiger partial charge is 0.191 e. The van der Waals surface area contributed by atoms with Crippen molar-refractivity contribution in [1.29, 1.82) is 0 Å². The van der Waals surface area contributed by atoms with Gasteiger partial charge in [0.15, 0.2) is 5.96 Å². The topological polar surface area (TPSA) is 63.1 Å². The van der Waals surface area contributed by atoms with E-state index in [1.54, 1.807) is 0 Å². The Bertz CT molecular complexity index is 623. The van der Waals surface area contributed by atoms with Crippen molar-refractivity contribution in [3.05, 3.63) is 35.4 Å². The van der Waals surface area contributed by atoms with E-state index in [2.05, 4.69) is 58.5 Å². The molecule has 0 spiro atoms. The van der Waals surface area contributed by atoms with Gasteiger partial charge in [0.1, 0.15) is 0 Å². The summed E-state index contributed by atoms with van der Waals surface area (Å²) in [6.07, 6.45) is 3.65. The molecule has 0 unspecified atom stereocenters. The van der Waals surface area contributed by atoms with Gasteiger partial charge in [0.25, 0.3) is 0 Å². The van der Waals surface area contributed by atoms with Crippen LogP contribution < -0.4 is 10.6 Å². The molecule has 1 aliphatic heterocycles. The maximum atomic E-state index is 9.69. The second-order valence-corrected chi connectivity index (χ2v) is 8.37. The van der Waals surface area contributed by atoms with E-state index < -0.39 is 0 Å². The van der Waals surface area contributed by atoms with Crippen LogP contribution in [0.4, 0.5) is 0 Å². The summed E-state index contributed by atoms with van der Waals surface area (Å²) in [6, 6.07) is 9.33. The normalized spacial score (nSPS) is 23.6. The van der Waals surface area contributed by atoms with Crippen LogP contribution in [-0.4, -0.2) is 72.3 Å². The zero-order chi connectivity index (χ0) is 20.5. The summed E-state index contributed by atoms with van der Waals surface area (Å²) >= 11 is 0.